The van der Waals surface area contributed by atoms with Gasteiger partial charge in [-0.25, -0.2) is 4.79 Å². The Kier molecular flexibility index (Phi) is 5.57. The fourth-order valence-corrected chi connectivity index (χ4v) is 1.42. The van der Waals surface area contributed by atoms with Gasteiger partial charge in [-0.1, -0.05) is 11.6 Å². The molecule has 0 aliphatic heterocycles. The molecule has 0 aromatic heterocycles. The van der Waals surface area contributed by atoms with Gasteiger partial charge in [0.2, 0.25) is 5.91 Å². The summed E-state index contributed by atoms with van der Waals surface area (Å²) in [6.45, 7) is 1.05. The van der Waals surface area contributed by atoms with Crippen molar-refractivity contribution in [2.75, 3.05) is 25.0 Å². The zero-order valence-corrected chi connectivity index (χ0v) is 10.3. The molecule has 1 aromatic rings. The molecular formula is C11H14ClN3O3. The summed E-state index contributed by atoms with van der Waals surface area (Å²) in [4.78, 5) is 22.3. The van der Waals surface area contributed by atoms with E-state index < -0.39 is 5.97 Å². The molecule has 0 saturated heterocycles. The van der Waals surface area contributed by atoms with Crippen LogP contribution in [0, 0.1) is 0 Å². The second kappa shape index (κ2) is 6.95. The Labute approximate surface area is 109 Å². The van der Waals surface area contributed by atoms with Crippen molar-refractivity contribution in [3.8, 4) is 0 Å². The molecule has 1 rings (SSSR count). The third kappa shape index (κ3) is 4.33. The second-order valence-corrected chi connectivity index (χ2v) is 3.92. The zero-order chi connectivity index (χ0) is 13.5. The molecule has 0 fully saturated rings. The first-order valence-corrected chi connectivity index (χ1v) is 5.66. The minimum Gasteiger partial charge on any atom is -0.478 e. The van der Waals surface area contributed by atoms with E-state index in [2.05, 4.69) is 10.6 Å². The smallest absolute Gasteiger partial charge is 0.335 e. The molecule has 98 valence electrons. The number of hydrogen-bond acceptors (Lipinski definition) is 4. The van der Waals surface area contributed by atoms with E-state index in [1.54, 1.807) is 0 Å². The molecule has 0 heterocycles. The molecule has 18 heavy (non-hydrogen) atoms. The Hall–Kier alpha value is -1.63. The maximum atomic E-state index is 11.5. The maximum absolute atomic E-state index is 11.5. The molecule has 6 nitrogen and oxygen atoms in total. The fraction of sp³-hybridized carbons (Fsp3) is 0.273. The number of carbonyl (C=O) groups is 2. The average molecular weight is 272 g/mol. The number of nitrogens with one attached hydrogen (secondary N) is 2. The first kappa shape index (κ1) is 14.4. The van der Waals surface area contributed by atoms with Gasteiger partial charge in [0.1, 0.15) is 0 Å². The lowest BCUT2D eigenvalue weighted by atomic mass is 10.2. The first-order valence-electron chi connectivity index (χ1n) is 5.28. The molecule has 0 spiro atoms. The maximum Gasteiger partial charge on any atom is 0.335 e. The highest BCUT2D eigenvalue weighted by molar-refractivity contribution is 6.33. The van der Waals surface area contributed by atoms with E-state index in [0.29, 0.717) is 13.1 Å². The van der Waals surface area contributed by atoms with Crippen LogP contribution in [0.2, 0.25) is 5.02 Å². The van der Waals surface area contributed by atoms with Crippen LogP contribution in [0.4, 0.5) is 5.69 Å². The molecule has 0 saturated carbocycles. The van der Waals surface area contributed by atoms with Crippen LogP contribution < -0.4 is 16.4 Å². The Morgan fingerprint density at radius 2 is 2.11 bits per heavy atom. The van der Waals surface area contributed by atoms with Gasteiger partial charge in [-0.15, -0.1) is 0 Å². The minimum atomic E-state index is -1.08. The fourth-order valence-electron chi connectivity index (χ4n) is 1.25. The van der Waals surface area contributed by atoms with Crippen molar-refractivity contribution in [3.05, 3.63) is 28.8 Å². The SMILES string of the molecule is NCCNCC(=O)Nc1cc(C(=O)O)ccc1Cl. The quantitative estimate of drug-likeness (QED) is 0.565. The summed E-state index contributed by atoms with van der Waals surface area (Å²) in [5.74, 6) is -1.39. The van der Waals surface area contributed by atoms with Gasteiger partial charge in [0, 0.05) is 13.1 Å². The molecule has 7 heteroatoms. The van der Waals surface area contributed by atoms with E-state index in [9.17, 15) is 9.59 Å². The largest absolute Gasteiger partial charge is 0.478 e. The van der Waals surface area contributed by atoms with E-state index in [1.165, 1.54) is 18.2 Å². The molecule has 1 amide bonds. The van der Waals surface area contributed by atoms with Gasteiger partial charge in [0.15, 0.2) is 0 Å². The number of anilines is 1. The van der Waals surface area contributed by atoms with Gasteiger partial charge in [-0.05, 0) is 18.2 Å². The van der Waals surface area contributed by atoms with E-state index in [0.717, 1.165) is 0 Å². The summed E-state index contributed by atoms with van der Waals surface area (Å²) in [7, 11) is 0. The number of nitrogens with two attached hydrogens (primary N) is 1. The van der Waals surface area contributed by atoms with Crippen LogP contribution in [0.5, 0.6) is 0 Å². The summed E-state index contributed by atoms with van der Waals surface area (Å²) in [6.07, 6.45) is 0. The number of rotatable bonds is 6. The number of amides is 1. The number of halogens is 1. The highest BCUT2D eigenvalue weighted by atomic mass is 35.5. The van der Waals surface area contributed by atoms with E-state index in [1.807, 2.05) is 0 Å². The van der Waals surface area contributed by atoms with Crippen molar-refractivity contribution < 1.29 is 14.7 Å². The predicted molar refractivity (Wildman–Crippen MR) is 69.0 cm³/mol. The van der Waals surface area contributed by atoms with E-state index in [4.69, 9.17) is 22.4 Å². The van der Waals surface area contributed by atoms with Crippen molar-refractivity contribution in [1.29, 1.82) is 0 Å². The lowest BCUT2D eigenvalue weighted by molar-refractivity contribution is -0.115. The first-order chi connectivity index (χ1) is 8.54. The minimum absolute atomic E-state index is 0.0598. The lowest BCUT2D eigenvalue weighted by Crippen LogP contribution is -2.31. The van der Waals surface area contributed by atoms with Crippen LogP contribution >= 0.6 is 11.6 Å². The molecule has 5 N–H and O–H groups in total. The lowest BCUT2D eigenvalue weighted by Gasteiger charge is -2.08. The Morgan fingerprint density at radius 1 is 1.39 bits per heavy atom. The Balaban J connectivity index is 2.68. The zero-order valence-electron chi connectivity index (χ0n) is 9.57. The van der Waals surface area contributed by atoms with Crippen LogP contribution in [0.3, 0.4) is 0 Å². The third-order valence-electron chi connectivity index (χ3n) is 2.09. The van der Waals surface area contributed by atoms with E-state index >= 15 is 0 Å². The molecule has 0 bridgehead atoms. The van der Waals surface area contributed by atoms with Crippen molar-refractivity contribution in [2.45, 2.75) is 0 Å². The van der Waals surface area contributed by atoms with Crippen LogP contribution in [-0.2, 0) is 4.79 Å². The number of hydrogen-bond donors (Lipinski definition) is 4. The number of benzene rings is 1. The molecule has 0 unspecified atom stereocenters. The van der Waals surface area contributed by atoms with Crippen molar-refractivity contribution >= 4 is 29.2 Å². The molecule has 0 aliphatic carbocycles. The van der Waals surface area contributed by atoms with Crippen LogP contribution in [0.15, 0.2) is 18.2 Å². The van der Waals surface area contributed by atoms with E-state index in [-0.39, 0.29) is 28.7 Å². The standard InChI is InChI=1S/C11H14ClN3O3/c12-8-2-1-7(11(17)18)5-9(8)15-10(16)6-14-4-3-13/h1-2,5,14H,3-4,6,13H2,(H,15,16)(H,17,18). The van der Waals surface area contributed by atoms with Gasteiger partial charge in [0.25, 0.3) is 0 Å². The molecule has 0 atom stereocenters. The molecular weight excluding hydrogens is 258 g/mol. The van der Waals surface area contributed by atoms with Crippen molar-refractivity contribution in [1.82, 2.24) is 5.32 Å². The monoisotopic (exact) mass is 271 g/mol. The summed E-state index contributed by atoms with van der Waals surface area (Å²) in [6, 6.07) is 4.10. The average Bonchev–Trinajstić information content (AvgIpc) is 2.32. The number of carboxylic acids is 1. The topological polar surface area (TPSA) is 104 Å². The molecule has 0 radical (unpaired) electrons. The number of carboxylic acid groups (broad SMARTS) is 1. The van der Waals surface area contributed by atoms with Crippen LogP contribution in [0.1, 0.15) is 10.4 Å². The highest BCUT2D eigenvalue weighted by Gasteiger charge is 2.09. The Bertz CT molecular complexity index is 451. The molecule has 0 aliphatic rings. The van der Waals surface area contributed by atoms with Gasteiger partial charge in [-0.2, -0.15) is 0 Å². The van der Waals surface area contributed by atoms with Gasteiger partial charge < -0.3 is 21.5 Å². The summed E-state index contributed by atoms with van der Waals surface area (Å²) >= 11 is 5.86. The summed E-state index contributed by atoms with van der Waals surface area (Å²) in [5, 5.41) is 14.5. The van der Waals surface area contributed by atoms with Crippen LogP contribution in [0.25, 0.3) is 0 Å². The predicted octanol–water partition coefficient (Wildman–Crippen LogP) is 0.525. The number of carbonyl (C=O) groups excluding carboxylic acids is 1. The summed E-state index contributed by atoms with van der Waals surface area (Å²) in [5.41, 5.74) is 5.60. The van der Waals surface area contributed by atoms with Gasteiger partial charge >= 0.3 is 5.97 Å². The normalized spacial score (nSPS) is 10.1. The van der Waals surface area contributed by atoms with Crippen molar-refractivity contribution in [2.24, 2.45) is 5.73 Å². The third-order valence-corrected chi connectivity index (χ3v) is 2.42. The Morgan fingerprint density at radius 3 is 2.72 bits per heavy atom. The second-order valence-electron chi connectivity index (χ2n) is 3.51. The van der Waals surface area contributed by atoms with Crippen LogP contribution in [-0.4, -0.2) is 36.6 Å². The number of aromatic carboxylic acids is 1. The molecule has 1 aromatic carbocycles. The summed E-state index contributed by atoms with van der Waals surface area (Å²) < 4.78 is 0. The highest BCUT2D eigenvalue weighted by Crippen LogP contribution is 2.22. The van der Waals surface area contributed by atoms with Gasteiger partial charge in [-0.3, -0.25) is 4.79 Å². The van der Waals surface area contributed by atoms with Gasteiger partial charge in [0.05, 0.1) is 22.8 Å². The van der Waals surface area contributed by atoms with Crippen molar-refractivity contribution in [3.63, 3.8) is 0 Å².